The first-order chi connectivity index (χ1) is 9.95. The standard InChI is InChI=1S/C14H12O6S.Na/c15-14(19-10-11-4-2-1-3-5-11)20-12-6-8-13(9-7-12)21(16,17)18;/h1-9H,10H2,(H,16,17,18);/q;+1/p-1. The van der Waals surface area contributed by atoms with Crippen LogP contribution in [0.5, 0.6) is 5.75 Å². The van der Waals surface area contributed by atoms with Crippen molar-refractivity contribution >= 4 is 16.3 Å². The topological polar surface area (TPSA) is 92.7 Å². The summed E-state index contributed by atoms with van der Waals surface area (Å²) in [5, 5.41) is 0. The van der Waals surface area contributed by atoms with Gasteiger partial charge in [0.2, 0.25) is 0 Å². The molecule has 0 aromatic heterocycles. The second-order valence-electron chi connectivity index (χ2n) is 4.05. The predicted octanol–water partition coefficient (Wildman–Crippen LogP) is -0.690. The molecule has 2 aromatic carbocycles. The molecule has 2 aromatic rings. The Bertz CT molecular complexity index is 713. The molecule has 0 atom stereocenters. The third kappa shape index (κ3) is 5.78. The first kappa shape index (κ1) is 18.7. The summed E-state index contributed by atoms with van der Waals surface area (Å²) in [6.45, 7) is 0.0622. The van der Waals surface area contributed by atoms with E-state index in [0.29, 0.717) is 0 Å². The minimum Gasteiger partial charge on any atom is -0.744 e. The van der Waals surface area contributed by atoms with Gasteiger partial charge in [-0.25, -0.2) is 13.2 Å². The van der Waals surface area contributed by atoms with E-state index >= 15 is 0 Å². The number of hydrogen-bond donors (Lipinski definition) is 0. The molecule has 110 valence electrons. The molecule has 0 heterocycles. The van der Waals surface area contributed by atoms with E-state index in [2.05, 4.69) is 0 Å². The Morgan fingerprint density at radius 2 is 1.59 bits per heavy atom. The first-order valence-corrected chi connectivity index (χ1v) is 7.30. The van der Waals surface area contributed by atoms with Crippen LogP contribution in [-0.4, -0.2) is 19.1 Å². The van der Waals surface area contributed by atoms with Gasteiger partial charge in [0.25, 0.3) is 0 Å². The van der Waals surface area contributed by atoms with E-state index in [1.807, 2.05) is 18.2 Å². The molecule has 2 rings (SSSR count). The molecule has 0 bridgehead atoms. The molecule has 0 aliphatic rings. The van der Waals surface area contributed by atoms with E-state index in [1.165, 1.54) is 12.1 Å². The maximum absolute atomic E-state index is 11.4. The molecule has 0 fully saturated rings. The van der Waals surface area contributed by atoms with Gasteiger partial charge in [0.1, 0.15) is 22.5 Å². The van der Waals surface area contributed by atoms with Gasteiger partial charge in [0, 0.05) is 0 Å². The van der Waals surface area contributed by atoms with Crippen molar-refractivity contribution in [3.63, 3.8) is 0 Å². The van der Waals surface area contributed by atoms with Gasteiger partial charge in [-0.15, -0.1) is 0 Å². The minimum absolute atomic E-state index is 0. The summed E-state index contributed by atoms with van der Waals surface area (Å²) in [5.41, 5.74) is 0.808. The van der Waals surface area contributed by atoms with Gasteiger partial charge in [-0.05, 0) is 29.8 Å². The van der Waals surface area contributed by atoms with Crippen LogP contribution in [0.4, 0.5) is 4.79 Å². The predicted molar refractivity (Wildman–Crippen MR) is 71.7 cm³/mol. The molecule has 6 nitrogen and oxygen atoms in total. The smallest absolute Gasteiger partial charge is 0.744 e. The SMILES string of the molecule is O=C(OCc1ccccc1)Oc1ccc(S(=O)(=O)[O-])cc1.[Na+]. The van der Waals surface area contributed by atoms with Crippen molar-refractivity contribution in [2.75, 3.05) is 0 Å². The van der Waals surface area contributed by atoms with Crippen LogP contribution < -0.4 is 34.3 Å². The zero-order chi connectivity index (χ0) is 15.3. The largest absolute Gasteiger partial charge is 1.00 e. The van der Waals surface area contributed by atoms with E-state index in [-0.39, 0.29) is 41.9 Å². The summed E-state index contributed by atoms with van der Waals surface area (Å²) in [7, 11) is -4.52. The summed E-state index contributed by atoms with van der Waals surface area (Å²) >= 11 is 0. The van der Waals surface area contributed by atoms with Crippen LogP contribution in [0.25, 0.3) is 0 Å². The van der Waals surface area contributed by atoms with Crippen molar-refractivity contribution in [2.24, 2.45) is 0 Å². The Hall–Kier alpha value is -1.38. The normalized spacial score (nSPS) is 10.4. The summed E-state index contributed by atoms with van der Waals surface area (Å²) in [6.07, 6.45) is -0.920. The van der Waals surface area contributed by atoms with Crippen LogP contribution in [0, 0.1) is 0 Å². The average molecular weight is 330 g/mol. The van der Waals surface area contributed by atoms with Gasteiger partial charge in [-0.3, -0.25) is 0 Å². The second-order valence-corrected chi connectivity index (χ2v) is 5.43. The fourth-order valence-electron chi connectivity index (χ4n) is 1.52. The summed E-state index contributed by atoms with van der Waals surface area (Å²) in [4.78, 5) is 11.0. The van der Waals surface area contributed by atoms with Gasteiger partial charge in [0.15, 0.2) is 0 Å². The maximum atomic E-state index is 11.4. The number of carbonyl (C=O) groups is 1. The molecule has 0 aliphatic heterocycles. The first-order valence-electron chi connectivity index (χ1n) is 5.89. The Labute approximate surface area is 150 Å². The Morgan fingerprint density at radius 1 is 1.00 bits per heavy atom. The molecule has 22 heavy (non-hydrogen) atoms. The fourth-order valence-corrected chi connectivity index (χ4v) is 1.99. The third-order valence-electron chi connectivity index (χ3n) is 2.51. The van der Waals surface area contributed by atoms with E-state index < -0.39 is 21.2 Å². The van der Waals surface area contributed by atoms with Crippen molar-refractivity contribution in [1.82, 2.24) is 0 Å². The van der Waals surface area contributed by atoms with Crippen molar-refractivity contribution in [2.45, 2.75) is 11.5 Å². The second kappa shape index (κ2) is 8.30. The summed E-state index contributed by atoms with van der Waals surface area (Å²) in [6, 6.07) is 13.6. The van der Waals surface area contributed by atoms with Gasteiger partial charge in [-0.2, -0.15) is 0 Å². The van der Waals surface area contributed by atoms with Gasteiger partial charge >= 0.3 is 35.7 Å². The molecule has 0 saturated carbocycles. The monoisotopic (exact) mass is 330 g/mol. The fraction of sp³-hybridized carbons (Fsp3) is 0.0714. The molecular formula is C14H11NaO6S. The zero-order valence-electron chi connectivity index (χ0n) is 11.8. The van der Waals surface area contributed by atoms with E-state index in [1.54, 1.807) is 12.1 Å². The van der Waals surface area contributed by atoms with Crippen LogP contribution in [-0.2, 0) is 21.5 Å². The molecule has 0 saturated heterocycles. The summed E-state index contributed by atoms with van der Waals surface area (Å²) < 4.78 is 41.9. The Kier molecular flexibility index (Phi) is 7.05. The third-order valence-corrected chi connectivity index (χ3v) is 3.36. The molecule has 0 aliphatic carbocycles. The number of rotatable bonds is 4. The van der Waals surface area contributed by atoms with Crippen molar-refractivity contribution in [1.29, 1.82) is 0 Å². The zero-order valence-corrected chi connectivity index (χ0v) is 14.6. The van der Waals surface area contributed by atoms with Crippen molar-refractivity contribution in [3.8, 4) is 5.75 Å². The van der Waals surface area contributed by atoms with Crippen LogP contribution in [0.2, 0.25) is 0 Å². The Balaban J connectivity index is 0.00000242. The number of ether oxygens (including phenoxy) is 2. The number of carbonyl (C=O) groups excluding carboxylic acids is 1. The molecule has 0 amide bonds. The average Bonchev–Trinajstić information content (AvgIpc) is 2.46. The number of benzene rings is 2. The van der Waals surface area contributed by atoms with E-state index in [4.69, 9.17) is 9.47 Å². The minimum atomic E-state index is -4.52. The van der Waals surface area contributed by atoms with E-state index in [0.717, 1.165) is 17.7 Å². The quantitative estimate of drug-likeness (QED) is 0.319. The van der Waals surface area contributed by atoms with Crippen LogP contribution in [0.3, 0.4) is 0 Å². The van der Waals surface area contributed by atoms with E-state index in [9.17, 15) is 17.8 Å². The number of hydrogen-bond acceptors (Lipinski definition) is 6. The molecule has 0 unspecified atom stereocenters. The molecule has 0 radical (unpaired) electrons. The molecule has 0 N–H and O–H groups in total. The van der Waals surface area contributed by atoms with Gasteiger partial charge in [0.05, 0.1) is 4.90 Å². The summed E-state index contributed by atoms with van der Waals surface area (Å²) in [5.74, 6) is 0.0838. The maximum Gasteiger partial charge on any atom is 1.00 e. The molecule has 8 heteroatoms. The van der Waals surface area contributed by atoms with Crippen LogP contribution >= 0.6 is 0 Å². The van der Waals surface area contributed by atoms with Gasteiger partial charge in [-0.1, -0.05) is 30.3 Å². The van der Waals surface area contributed by atoms with Crippen LogP contribution in [0.1, 0.15) is 5.56 Å². The Morgan fingerprint density at radius 3 is 2.14 bits per heavy atom. The van der Waals surface area contributed by atoms with Crippen molar-refractivity contribution in [3.05, 3.63) is 60.2 Å². The van der Waals surface area contributed by atoms with Crippen molar-refractivity contribution < 1.29 is 56.8 Å². The van der Waals surface area contributed by atoms with Gasteiger partial charge < -0.3 is 14.0 Å². The molecule has 0 spiro atoms. The van der Waals surface area contributed by atoms with Crippen LogP contribution in [0.15, 0.2) is 59.5 Å². The molecular weight excluding hydrogens is 319 g/mol.